The van der Waals surface area contributed by atoms with E-state index in [4.69, 9.17) is 9.47 Å². The van der Waals surface area contributed by atoms with Crippen LogP contribution in [0.3, 0.4) is 0 Å². The molecule has 1 saturated heterocycles. The van der Waals surface area contributed by atoms with E-state index in [1.165, 1.54) is 4.90 Å². The average molecular weight is 425 g/mol. The van der Waals surface area contributed by atoms with Gasteiger partial charge in [0, 0.05) is 37.0 Å². The molecular weight excluding hydrogens is 398 g/mol. The summed E-state index contributed by atoms with van der Waals surface area (Å²) in [4.78, 5) is 26.1. The summed E-state index contributed by atoms with van der Waals surface area (Å²) in [6.45, 7) is -0.188. The summed E-state index contributed by atoms with van der Waals surface area (Å²) >= 11 is 0. The van der Waals surface area contributed by atoms with Crippen molar-refractivity contribution in [2.24, 2.45) is 0 Å². The van der Waals surface area contributed by atoms with E-state index >= 15 is 0 Å². The number of aliphatic hydroxyl groups excluding tert-OH is 1. The smallest absolute Gasteiger partial charge is 0.323 e. The normalized spacial score (nSPS) is 23.8. The van der Waals surface area contributed by atoms with Crippen LogP contribution in [0.25, 0.3) is 0 Å². The van der Waals surface area contributed by atoms with E-state index in [2.05, 4.69) is 10.6 Å². The molecule has 2 aliphatic rings. The van der Waals surface area contributed by atoms with Crippen LogP contribution in [0.4, 0.5) is 16.2 Å². The van der Waals surface area contributed by atoms with Crippen molar-refractivity contribution in [1.29, 1.82) is 0 Å². The molecule has 0 unspecified atom stereocenters. The number of anilines is 2. The maximum atomic E-state index is 12.4. The summed E-state index contributed by atoms with van der Waals surface area (Å²) in [6, 6.07) is 14.4. The highest BCUT2D eigenvalue weighted by Crippen LogP contribution is 2.47. The second-order valence-corrected chi connectivity index (χ2v) is 8.09. The number of para-hydroxylation sites is 1. The quantitative estimate of drug-likeness (QED) is 0.684. The van der Waals surface area contributed by atoms with Crippen molar-refractivity contribution < 1.29 is 24.2 Å². The molecule has 0 saturated carbocycles. The molecule has 0 aromatic heterocycles. The number of benzene rings is 2. The summed E-state index contributed by atoms with van der Waals surface area (Å²) in [5.41, 5.74) is 2.30. The first-order valence-electron chi connectivity index (χ1n) is 10.3. The second kappa shape index (κ2) is 8.95. The monoisotopic (exact) mass is 425 g/mol. The molecule has 0 radical (unpaired) electrons. The van der Waals surface area contributed by atoms with Gasteiger partial charge in [-0.2, -0.15) is 0 Å². The molecule has 2 aliphatic heterocycles. The highest BCUT2D eigenvalue weighted by molar-refractivity contribution is 5.99. The van der Waals surface area contributed by atoms with Crippen LogP contribution in [-0.2, 0) is 9.53 Å². The van der Waals surface area contributed by atoms with E-state index in [1.807, 2.05) is 42.5 Å². The van der Waals surface area contributed by atoms with Crippen molar-refractivity contribution in [1.82, 2.24) is 4.90 Å². The molecule has 8 nitrogen and oxygen atoms in total. The number of fused-ring (bicyclic) bond motifs is 3. The molecule has 31 heavy (non-hydrogen) atoms. The highest BCUT2D eigenvalue weighted by atomic mass is 16.6. The third kappa shape index (κ3) is 4.65. The summed E-state index contributed by atoms with van der Waals surface area (Å²) < 4.78 is 12.0. The van der Waals surface area contributed by atoms with E-state index in [-0.39, 0.29) is 43.1 Å². The first-order valence-corrected chi connectivity index (χ1v) is 10.3. The van der Waals surface area contributed by atoms with E-state index < -0.39 is 6.10 Å². The molecule has 2 heterocycles. The Morgan fingerprint density at radius 1 is 1.10 bits per heavy atom. The lowest BCUT2D eigenvalue weighted by Crippen LogP contribution is -2.47. The largest absolute Gasteiger partial charge is 0.487 e. The number of amides is 3. The van der Waals surface area contributed by atoms with E-state index in [0.29, 0.717) is 23.5 Å². The number of carbonyl (C=O) groups excluding carboxylic acids is 2. The summed E-state index contributed by atoms with van der Waals surface area (Å²) in [7, 11) is 3.42. The number of rotatable bonds is 5. The fourth-order valence-corrected chi connectivity index (χ4v) is 4.16. The lowest BCUT2D eigenvalue weighted by atomic mass is 9.84. The molecule has 3 N–H and O–H groups in total. The van der Waals surface area contributed by atoms with Gasteiger partial charge in [-0.3, -0.25) is 4.79 Å². The van der Waals surface area contributed by atoms with E-state index in [1.54, 1.807) is 20.2 Å². The van der Waals surface area contributed by atoms with Gasteiger partial charge in [0.1, 0.15) is 18.0 Å². The van der Waals surface area contributed by atoms with Gasteiger partial charge in [-0.15, -0.1) is 0 Å². The third-order valence-electron chi connectivity index (χ3n) is 5.69. The molecule has 0 bridgehead atoms. The minimum atomic E-state index is -0.510. The standard InChI is InChI=1S/C23H27N3O5/c1-26(2)21(28)12-16-11-18-17-10-15(25-23(29)24-14-6-4-3-5-7-14)8-9-19(17)31-22(18)20(13-27)30-16/h3-10,16,18,20,22,27H,11-13H2,1-2H3,(H2,24,25,29)/t16-,18+,20+,22-/m1/s1. The lowest BCUT2D eigenvalue weighted by molar-refractivity contribution is -0.147. The van der Waals surface area contributed by atoms with Crippen LogP contribution in [0.2, 0.25) is 0 Å². The second-order valence-electron chi connectivity index (χ2n) is 8.09. The summed E-state index contributed by atoms with van der Waals surface area (Å²) in [5, 5.41) is 15.5. The maximum Gasteiger partial charge on any atom is 0.323 e. The van der Waals surface area contributed by atoms with Crippen molar-refractivity contribution in [2.45, 2.75) is 37.1 Å². The molecule has 4 rings (SSSR count). The van der Waals surface area contributed by atoms with Crippen LogP contribution >= 0.6 is 0 Å². The van der Waals surface area contributed by atoms with Gasteiger partial charge in [-0.25, -0.2) is 4.79 Å². The van der Waals surface area contributed by atoms with Gasteiger partial charge in [-0.1, -0.05) is 18.2 Å². The highest BCUT2D eigenvalue weighted by Gasteiger charge is 2.46. The van der Waals surface area contributed by atoms with Gasteiger partial charge in [0.25, 0.3) is 0 Å². The van der Waals surface area contributed by atoms with E-state index in [9.17, 15) is 14.7 Å². The number of urea groups is 1. The Bertz CT molecular complexity index is 949. The Kier molecular flexibility index (Phi) is 6.11. The first kappa shape index (κ1) is 21.1. The van der Waals surface area contributed by atoms with Gasteiger partial charge in [0.15, 0.2) is 0 Å². The predicted octanol–water partition coefficient (Wildman–Crippen LogP) is 2.80. The van der Waals surface area contributed by atoms with Gasteiger partial charge in [0.2, 0.25) is 5.91 Å². The van der Waals surface area contributed by atoms with Gasteiger partial charge in [-0.05, 0) is 36.8 Å². The molecule has 0 aliphatic carbocycles. The van der Waals surface area contributed by atoms with Crippen molar-refractivity contribution in [2.75, 3.05) is 31.3 Å². The van der Waals surface area contributed by atoms with Crippen LogP contribution in [0.5, 0.6) is 5.75 Å². The van der Waals surface area contributed by atoms with Crippen LogP contribution in [0.1, 0.15) is 24.3 Å². The molecule has 0 spiro atoms. The zero-order chi connectivity index (χ0) is 22.0. The molecule has 2 aromatic carbocycles. The zero-order valence-electron chi connectivity index (χ0n) is 17.6. The molecule has 2 aromatic rings. The van der Waals surface area contributed by atoms with Crippen molar-refractivity contribution in [3.05, 3.63) is 54.1 Å². The molecule has 164 valence electrons. The molecular formula is C23H27N3O5. The fourth-order valence-electron chi connectivity index (χ4n) is 4.16. The van der Waals surface area contributed by atoms with Crippen LogP contribution in [0.15, 0.2) is 48.5 Å². The van der Waals surface area contributed by atoms with Crippen molar-refractivity contribution >= 4 is 23.3 Å². The van der Waals surface area contributed by atoms with Gasteiger partial charge < -0.3 is 30.1 Å². The zero-order valence-corrected chi connectivity index (χ0v) is 17.6. The third-order valence-corrected chi connectivity index (χ3v) is 5.69. The number of carbonyl (C=O) groups is 2. The number of hydrogen-bond acceptors (Lipinski definition) is 5. The topological polar surface area (TPSA) is 100 Å². The summed E-state index contributed by atoms with van der Waals surface area (Å²) in [5.74, 6) is 0.665. The Morgan fingerprint density at radius 3 is 2.55 bits per heavy atom. The molecule has 3 amide bonds. The van der Waals surface area contributed by atoms with Crippen LogP contribution in [0, 0.1) is 0 Å². The van der Waals surface area contributed by atoms with Crippen LogP contribution < -0.4 is 15.4 Å². The summed E-state index contributed by atoms with van der Waals surface area (Å²) in [6.07, 6.45) is -0.281. The Hall–Kier alpha value is -3.10. The fraction of sp³-hybridized carbons (Fsp3) is 0.391. The molecule has 4 atom stereocenters. The maximum absolute atomic E-state index is 12.4. The van der Waals surface area contributed by atoms with Crippen LogP contribution in [-0.4, -0.2) is 61.0 Å². The SMILES string of the molecule is CN(C)C(=O)C[C@H]1C[C@H]2c3cc(NC(=O)Nc4ccccc4)ccc3O[C@H]2[C@H](CO)O1. The minimum absolute atomic E-state index is 0.0210. The lowest BCUT2D eigenvalue weighted by Gasteiger charge is -2.37. The Labute approximate surface area is 181 Å². The minimum Gasteiger partial charge on any atom is -0.487 e. The van der Waals surface area contributed by atoms with E-state index in [0.717, 1.165) is 5.56 Å². The molecule has 8 heteroatoms. The predicted molar refractivity (Wildman–Crippen MR) is 116 cm³/mol. The van der Waals surface area contributed by atoms with Gasteiger partial charge >= 0.3 is 6.03 Å². The van der Waals surface area contributed by atoms with Crippen molar-refractivity contribution in [3.63, 3.8) is 0 Å². The van der Waals surface area contributed by atoms with Crippen molar-refractivity contribution in [3.8, 4) is 5.75 Å². The molecule has 1 fully saturated rings. The average Bonchev–Trinajstić information content (AvgIpc) is 3.11. The Balaban J connectivity index is 1.49. The first-order chi connectivity index (χ1) is 14.9. The number of aliphatic hydroxyl groups is 1. The number of hydrogen-bond donors (Lipinski definition) is 3. The Morgan fingerprint density at radius 2 is 1.84 bits per heavy atom. The number of ether oxygens (including phenoxy) is 2. The van der Waals surface area contributed by atoms with Gasteiger partial charge in [0.05, 0.1) is 19.1 Å². The number of nitrogens with zero attached hydrogens (tertiary/aromatic N) is 1. The number of nitrogens with one attached hydrogen (secondary N) is 2.